The third kappa shape index (κ3) is 2.77. The highest BCUT2D eigenvalue weighted by molar-refractivity contribution is 5.85. The monoisotopic (exact) mass is 344 g/mol. The average Bonchev–Trinajstić information content (AvgIpc) is 2.69. The quantitative estimate of drug-likeness (QED) is 0.613. The largest absolute Gasteiger partial charge is 0.494 e. The molecule has 2 aromatic carbocycles. The fourth-order valence-electron chi connectivity index (χ4n) is 2.81. The third-order valence-corrected chi connectivity index (χ3v) is 4.01. The van der Waals surface area contributed by atoms with Crippen molar-refractivity contribution in [2.75, 3.05) is 12.4 Å². The minimum Gasteiger partial charge on any atom is -0.494 e. The number of aromatic nitrogens is 3. The highest BCUT2D eigenvalue weighted by Crippen LogP contribution is 2.25. The van der Waals surface area contributed by atoms with Crippen molar-refractivity contribution in [1.82, 2.24) is 14.5 Å². The van der Waals surface area contributed by atoms with Crippen molar-refractivity contribution in [2.24, 2.45) is 0 Å². The number of anilines is 2. The van der Waals surface area contributed by atoms with E-state index in [4.69, 9.17) is 4.74 Å². The van der Waals surface area contributed by atoms with Crippen molar-refractivity contribution in [3.05, 3.63) is 83.4 Å². The van der Waals surface area contributed by atoms with Crippen molar-refractivity contribution in [2.45, 2.75) is 0 Å². The van der Waals surface area contributed by atoms with E-state index >= 15 is 0 Å². The molecule has 128 valence electrons. The van der Waals surface area contributed by atoms with E-state index < -0.39 is 0 Å². The van der Waals surface area contributed by atoms with Crippen LogP contribution in [0.1, 0.15) is 0 Å². The molecule has 0 aliphatic carbocycles. The molecule has 4 aromatic rings. The molecular weight excluding hydrogens is 328 g/mol. The highest BCUT2D eigenvalue weighted by atomic mass is 16.5. The van der Waals surface area contributed by atoms with Gasteiger partial charge < -0.3 is 10.1 Å². The van der Waals surface area contributed by atoms with Crippen LogP contribution in [0.15, 0.2) is 77.9 Å². The van der Waals surface area contributed by atoms with Crippen molar-refractivity contribution in [3.8, 4) is 11.4 Å². The topological polar surface area (TPSA) is 69.0 Å². The molecule has 26 heavy (non-hydrogen) atoms. The van der Waals surface area contributed by atoms with E-state index in [-0.39, 0.29) is 5.56 Å². The summed E-state index contributed by atoms with van der Waals surface area (Å²) in [6.07, 6.45) is 3.36. The van der Waals surface area contributed by atoms with Crippen molar-refractivity contribution < 1.29 is 4.74 Å². The second-order valence-corrected chi connectivity index (χ2v) is 5.63. The first-order valence-electron chi connectivity index (χ1n) is 8.10. The molecule has 0 atom stereocenters. The molecule has 2 aromatic heterocycles. The number of rotatable bonds is 4. The molecule has 0 aliphatic rings. The lowest BCUT2D eigenvalue weighted by atomic mass is 10.2. The number of para-hydroxylation sites is 2. The number of ether oxygens (including phenoxy) is 1. The molecule has 0 spiro atoms. The zero-order chi connectivity index (χ0) is 17.9. The Morgan fingerprint density at radius 1 is 1.00 bits per heavy atom. The van der Waals surface area contributed by atoms with Crippen LogP contribution in [-0.4, -0.2) is 21.6 Å². The third-order valence-electron chi connectivity index (χ3n) is 4.01. The van der Waals surface area contributed by atoms with Gasteiger partial charge in [-0.3, -0.25) is 9.78 Å². The highest BCUT2D eigenvalue weighted by Gasteiger charge is 2.15. The Kier molecular flexibility index (Phi) is 4.07. The number of nitrogens with zero attached hydrogens (tertiary/aromatic N) is 3. The molecule has 0 radical (unpaired) electrons. The number of hydrogen-bond donors (Lipinski definition) is 1. The molecular formula is C20H16N4O2. The van der Waals surface area contributed by atoms with Crippen molar-refractivity contribution in [3.63, 3.8) is 0 Å². The lowest BCUT2D eigenvalue weighted by Gasteiger charge is -2.15. The van der Waals surface area contributed by atoms with Crippen LogP contribution >= 0.6 is 0 Å². The molecule has 0 saturated carbocycles. The average molecular weight is 344 g/mol. The van der Waals surface area contributed by atoms with Gasteiger partial charge in [-0.1, -0.05) is 24.3 Å². The second-order valence-electron chi connectivity index (χ2n) is 5.63. The summed E-state index contributed by atoms with van der Waals surface area (Å²) in [5.74, 6) is 0.945. The first kappa shape index (κ1) is 15.8. The van der Waals surface area contributed by atoms with Gasteiger partial charge in [-0.25, -0.2) is 9.55 Å². The summed E-state index contributed by atoms with van der Waals surface area (Å²) >= 11 is 0. The summed E-state index contributed by atoms with van der Waals surface area (Å²) in [7, 11) is 1.56. The maximum absolute atomic E-state index is 13.2. The van der Waals surface area contributed by atoms with Crippen molar-refractivity contribution >= 4 is 22.5 Å². The molecule has 0 fully saturated rings. The maximum atomic E-state index is 13.2. The normalized spacial score (nSPS) is 10.7. The summed E-state index contributed by atoms with van der Waals surface area (Å²) < 4.78 is 6.93. The van der Waals surface area contributed by atoms with Crippen LogP contribution in [0.3, 0.4) is 0 Å². The van der Waals surface area contributed by atoms with Gasteiger partial charge in [0, 0.05) is 6.20 Å². The predicted octanol–water partition coefficient (Wildman–Crippen LogP) is 3.53. The molecule has 0 amide bonds. The maximum Gasteiger partial charge on any atom is 0.267 e. The van der Waals surface area contributed by atoms with E-state index in [1.165, 1.54) is 0 Å². The van der Waals surface area contributed by atoms with E-state index in [1.54, 1.807) is 42.3 Å². The van der Waals surface area contributed by atoms with Crippen LogP contribution in [-0.2, 0) is 0 Å². The van der Waals surface area contributed by atoms with E-state index in [1.807, 2.05) is 42.5 Å². The lowest BCUT2D eigenvalue weighted by Crippen LogP contribution is -2.23. The molecule has 0 aliphatic heterocycles. The Labute approximate surface area is 149 Å². The smallest absolute Gasteiger partial charge is 0.267 e. The summed E-state index contributed by atoms with van der Waals surface area (Å²) in [6, 6.07) is 18.4. The fourth-order valence-corrected chi connectivity index (χ4v) is 2.81. The van der Waals surface area contributed by atoms with E-state index in [0.717, 1.165) is 11.4 Å². The number of pyridine rings is 1. The molecule has 6 nitrogen and oxygen atoms in total. The number of hydrogen-bond acceptors (Lipinski definition) is 5. The van der Waals surface area contributed by atoms with Gasteiger partial charge >= 0.3 is 0 Å². The summed E-state index contributed by atoms with van der Waals surface area (Å²) in [5, 5.41) is 3.68. The van der Waals surface area contributed by atoms with Gasteiger partial charge in [-0.2, -0.15) is 0 Å². The standard InChI is InChI=1S/C20H16N4O2/c1-26-17-11-5-10-16-18(17)23-20(22-14-7-6-12-21-13-14)24(19(16)25)15-8-3-2-4-9-15/h2-13H,1H3,(H,22,23). The summed E-state index contributed by atoms with van der Waals surface area (Å²) in [5.41, 5.74) is 1.80. The SMILES string of the molecule is COc1cccc2c(=O)n(-c3ccccc3)c(Nc3cccnc3)nc12. The Morgan fingerprint density at radius 3 is 2.58 bits per heavy atom. The van der Waals surface area contributed by atoms with Crippen LogP contribution in [0.5, 0.6) is 5.75 Å². The van der Waals surface area contributed by atoms with Gasteiger partial charge in [-0.05, 0) is 36.4 Å². The zero-order valence-electron chi connectivity index (χ0n) is 14.1. The molecule has 4 rings (SSSR count). The molecule has 0 saturated heterocycles. The second kappa shape index (κ2) is 6.68. The fraction of sp³-hybridized carbons (Fsp3) is 0.0500. The van der Waals surface area contributed by atoms with Gasteiger partial charge in [0.25, 0.3) is 5.56 Å². The number of methoxy groups -OCH3 is 1. The number of benzene rings is 2. The minimum atomic E-state index is -0.175. The van der Waals surface area contributed by atoms with Gasteiger partial charge in [-0.15, -0.1) is 0 Å². The van der Waals surface area contributed by atoms with Crippen LogP contribution in [0.2, 0.25) is 0 Å². The zero-order valence-corrected chi connectivity index (χ0v) is 14.1. The van der Waals surface area contributed by atoms with Crippen LogP contribution in [0.25, 0.3) is 16.6 Å². The molecule has 0 bridgehead atoms. The molecule has 0 unspecified atom stereocenters. The van der Waals surface area contributed by atoms with Gasteiger partial charge in [0.1, 0.15) is 11.3 Å². The van der Waals surface area contributed by atoms with Crippen molar-refractivity contribution in [1.29, 1.82) is 0 Å². The molecule has 2 heterocycles. The molecule has 6 heteroatoms. The Morgan fingerprint density at radius 2 is 1.85 bits per heavy atom. The number of nitrogens with one attached hydrogen (secondary N) is 1. The van der Waals surface area contributed by atoms with Gasteiger partial charge in [0.05, 0.1) is 30.1 Å². The predicted molar refractivity (Wildman–Crippen MR) is 101 cm³/mol. The van der Waals surface area contributed by atoms with Gasteiger partial charge in [0.2, 0.25) is 5.95 Å². The number of fused-ring (bicyclic) bond motifs is 1. The van der Waals surface area contributed by atoms with E-state index in [0.29, 0.717) is 22.6 Å². The van der Waals surface area contributed by atoms with Crippen LogP contribution < -0.4 is 15.6 Å². The minimum absolute atomic E-state index is 0.175. The Balaban J connectivity index is 2.02. The van der Waals surface area contributed by atoms with Crippen LogP contribution in [0, 0.1) is 0 Å². The molecule has 1 N–H and O–H groups in total. The first-order valence-corrected chi connectivity index (χ1v) is 8.10. The van der Waals surface area contributed by atoms with Gasteiger partial charge in [0.15, 0.2) is 0 Å². The van der Waals surface area contributed by atoms with E-state index in [2.05, 4.69) is 15.3 Å². The Bertz CT molecular complexity index is 1110. The lowest BCUT2D eigenvalue weighted by molar-refractivity contribution is 0.419. The summed E-state index contributed by atoms with van der Waals surface area (Å²) in [4.78, 5) is 22.0. The van der Waals surface area contributed by atoms with Crippen LogP contribution in [0.4, 0.5) is 11.6 Å². The first-order chi connectivity index (χ1) is 12.8. The summed E-state index contributed by atoms with van der Waals surface area (Å²) in [6.45, 7) is 0. The van der Waals surface area contributed by atoms with E-state index in [9.17, 15) is 4.79 Å². The Hall–Kier alpha value is -3.67.